The van der Waals surface area contributed by atoms with Crippen molar-refractivity contribution in [2.45, 2.75) is 38.8 Å². The molecule has 1 aliphatic carbocycles. The molecular formula is C24H20BrN3O4. The SMILES string of the molecule is CC(=O)Oc1ccc(Br)cc1[C@@H]1OC(c2cc(C3CC3)nc3ccccc23)=NN1C(C)=O. The zero-order valence-corrected chi connectivity index (χ0v) is 19.1. The number of rotatable bonds is 4. The van der Waals surface area contributed by atoms with Crippen molar-refractivity contribution in [3.05, 3.63) is 69.8 Å². The summed E-state index contributed by atoms with van der Waals surface area (Å²) < 4.78 is 12.4. The molecule has 162 valence electrons. The Kier molecular flexibility index (Phi) is 5.17. The fraction of sp³-hybridized carbons (Fsp3) is 0.250. The third-order valence-electron chi connectivity index (χ3n) is 5.42. The molecule has 1 atom stereocenters. The van der Waals surface area contributed by atoms with Crippen LogP contribution in [0.3, 0.4) is 0 Å². The maximum atomic E-state index is 12.5. The summed E-state index contributed by atoms with van der Waals surface area (Å²) in [5.74, 6) is 0.336. The molecule has 0 spiro atoms. The minimum absolute atomic E-state index is 0.292. The van der Waals surface area contributed by atoms with Gasteiger partial charge in [0.1, 0.15) is 5.75 Å². The number of hydrogen-bond acceptors (Lipinski definition) is 6. The number of pyridine rings is 1. The van der Waals surface area contributed by atoms with Crippen LogP contribution >= 0.6 is 15.9 Å². The molecule has 0 radical (unpaired) electrons. The third kappa shape index (κ3) is 3.86. The average Bonchev–Trinajstić information content (AvgIpc) is 3.52. The van der Waals surface area contributed by atoms with Gasteiger partial charge < -0.3 is 9.47 Å². The lowest BCUT2D eigenvalue weighted by Gasteiger charge is -2.21. The fourth-order valence-electron chi connectivity index (χ4n) is 3.80. The molecule has 2 aliphatic rings. The molecule has 0 bridgehead atoms. The van der Waals surface area contributed by atoms with Crippen LogP contribution in [0.2, 0.25) is 0 Å². The van der Waals surface area contributed by atoms with Crippen LogP contribution in [0.15, 0.2) is 58.1 Å². The molecule has 1 saturated carbocycles. The lowest BCUT2D eigenvalue weighted by molar-refractivity contribution is -0.135. The first-order valence-electron chi connectivity index (χ1n) is 10.3. The predicted octanol–water partition coefficient (Wildman–Crippen LogP) is 5.04. The smallest absolute Gasteiger partial charge is 0.308 e. The molecule has 5 rings (SSSR count). The summed E-state index contributed by atoms with van der Waals surface area (Å²) >= 11 is 3.45. The predicted molar refractivity (Wildman–Crippen MR) is 122 cm³/mol. The monoisotopic (exact) mass is 493 g/mol. The summed E-state index contributed by atoms with van der Waals surface area (Å²) in [6.45, 7) is 2.75. The van der Waals surface area contributed by atoms with Gasteiger partial charge in [-0.1, -0.05) is 34.1 Å². The molecular weight excluding hydrogens is 474 g/mol. The number of fused-ring (bicyclic) bond motifs is 1. The molecule has 3 aromatic rings. The van der Waals surface area contributed by atoms with Crippen molar-refractivity contribution < 1.29 is 19.1 Å². The standard InChI is InChI=1S/C24H20BrN3O4/c1-13(29)28-24(19-11-16(25)9-10-22(19)31-14(2)30)32-23(27-28)18-12-21(15-7-8-15)26-20-6-4-3-5-17(18)20/h3-6,9-12,15,24H,7-8H2,1-2H3/t24-/m0/s1. The summed E-state index contributed by atoms with van der Waals surface area (Å²) in [6.07, 6.45) is 1.36. The lowest BCUT2D eigenvalue weighted by Crippen LogP contribution is -2.26. The Morgan fingerprint density at radius 1 is 1.12 bits per heavy atom. The van der Waals surface area contributed by atoms with Gasteiger partial charge in [-0.3, -0.25) is 14.6 Å². The molecule has 8 heteroatoms. The second-order valence-corrected chi connectivity index (χ2v) is 8.82. The van der Waals surface area contributed by atoms with Crippen LogP contribution < -0.4 is 4.74 Å². The Bertz CT molecular complexity index is 1290. The molecule has 0 N–H and O–H groups in total. The highest BCUT2D eigenvalue weighted by Gasteiger charge is 2.37. The number of para-hydroxylation sites is 1. The molecule has 1 aliphatic heterocycles. The number of amides is 1. The van der Waals surface area contributed by atoms with E-state index < -0.39 is 12.2 Å². The Morgan fingerprint density at radius 3 is 2.62 bits per heavy atom. The number of hydrazone groups is 1. The quantitative estimate of drug-likeness (QED) is 0.375. The van der Waals surface area contributed by atoms with Crippen molar-refractivity contribution in [1.82, 2.24) is 9.99 Å². The normalized spacial score (nSPS) is 17.8. The van der Waals surface area contributed by atoms with Gasteiger partial charge >= 0.3 is 5.97 Å². The maximum Gasteiger partial charge on any atom is 0.308 e. The van der Waals surface area contributed by atoms with E-state index in [1.165, 1.54) is 18.9 Å². The number of benzene rings is 2. The Labute approximate surface area is 193 Å². The zero-order chi connectivity index (χ0) is 22.4. The second-order valence-electron chi connectivity index (χ2n) is 7.90. The molecule has 2 heterocycles. The van der Waals surface area contributed by atoms with Gasteiger partial charge in [0.15, 0.2) is 0 Å². The van der Waals surface area contributed by atoms with E-state index in [4.69, 9.17) is 14.5 Å². The Morgan fingerprint density at radius 2 is 1.91 bits per heavy atom. The van der Waals surface area contributed by atoms with Gasteiger partial charge in [0, 0.05) is 40.9 Å². The van der Waals surface area contributed by atoms with Crippen LogP contribution in [0.4, 0.5) is 0 Å². The van der Waals surface area contributed by atoms with Crippen LogP contribution in [0.5, 0.6) is 5.75 Å². The number of aromatic nitrogens is 1. The van der Waals surface area contributed by atoms with E-state index in [9.17, 15) is 9.59 Å². The highest BCUT2D eigenvalue weighted by molar-refractivity contribution is 9.10. The van der Waals surface area contributed by atoms with Gasteiger partial charge in [-0.2, -0.15) is 5.01 Å². The van der Waals surface area contributed by atoms with Crippen LogP contribution in [-0.2, 0) is 14.3 Å². The molecule has 7 nitrogen and oxygen atoms in total. The third-order valence-corrected chi connectivity index (χ3v) is 5.91. The lowest BCUT2D eigenvalue weighted by atomic mass is 10.1. The van der Waals surface area contributed by atoms with Crippen LogP contribution in [-0.4, -0.2) is 27.8 Å². The first kappa shape index (κ1) is 20.6. The van der Waals surface area contributed by atoms with Gasteiger partial charge in [-0.05, 0) is 43.2 Å². The van der Waals surface area contributed by atoms with Crippen molar-refractivity contribution in [3.8, 4) is 5.75 Å². The molecule has 1 fully saturated rings. The molecule has 0 saturated heterocycles. The topological polar surface area (TPSA) is 81.1 Å². The van der Waals surface area contributed by atoms with E-state index in [0.29, 0.717) is 23.1 Å². The number of esters is 1. The number of carbonyl (C=O) groups excluding carboxylic acids is 2. The Hall–Kier alpha value is -3.26. The highest BCUT2D eigenvalue weighted by atomic mass is 79.9. The van der Waals surface area contributed by atoms with Gasteiger partial charge in [0.2, 0.25) is 18.0 Å². The van der Waals surface area contributed by atoms with E-state index in [2.05, 4.69) is 21.0 Å². The van der Waals surface area contributed by atoms with Crippen molar-refractivity contribution in [2.24, 2.45) is 5.10 Å². The van der Waals surface area contributed by atoms with Crippen molar-refractivity contribution >= 4 is 44.6 Å². The summed E-state index contributed by atoms with van der Waals surface area (Å²) in [4.78, 5) is 28.9. The Balaban J connectivity index is 1.61. The minimum Gasteiger partial charge on any atom is -0.445 e. The van der Waals surface area contributed by atoms with Crippen LogP contribution in [0.1, 0.15) is 55.7 Å². The number of halogens is 1. The van der Waals surface area contributed by atoms with Crippen molar-refractivity contribution in [1.29, 1.82) is 0 Å². The average molecular weight is 494 g/mol. The van der Waals surface area contributed by atoms with Crippen molar-refractivity contribution in [3.63, 3.8) is 0 Å². The number of ether oxygens (including phenoxy) is 2. The summed E-state index contributed by atoms with van der Waals surface area (Å²) in [6, 6.07) is 15.0. The number of hydrogen-bond donors (Lipinski definition) is 0. The van der Waals surface area contributed by atoms with Crippen LogP contribution in [0.25, 0.3) is 10.9 Å². The molecule has 32 heavy (non-hydrogen) atoms. The summed E-state index contributed by atoms with van der Waals surface area (Å²) in [5.41, 5.74) is 3.17. The number of nitrogens with zero attached hydrogens (tertiary/aromatic N) is 3. The van der Waals surface area contributed by atoms with Crippen molar-refractivity contribution in [2.75, 3.05) is 0 Å². The minimum atomic E-state index is -0.870. The molecule has 1 aromatic heterocycles. The van der Waals surface area contributed by atoms with Gasteiger partial charge in [0.05, 0.1) is 11.1 Å². The van der Waals surface area contributed by atoms with Gasteiger partial charge in [-0.25, -0.2) is 0 Å². The second kappa shape index (κ2) is 8.02. The molecule has 0 unspecified atom stereocenters. The first-order chi connectivity index (χ1) is 15.4. The van der Waals surface area contributed by atoms with E-state index >= 15 is 0 Å². The summed E-state index contributed by atoms with van der Waals surface area (Å²) in [7, 11) is 0. The molecule has 1 amide bonds. The maximum absolute atomic E-state index is 12.5. The zero-order valence-electron chi connectivity index (χ0n) is 17.5. The van der Waals surface area contributed by atoms with Gasteiger partial charge in [0.25, 0.3) is 0 Å². The largest absolute Gasteiger partial charge is 0.445 e. The first-order valence-corrected chi connectivity index (χ1v) is 11.1. The van der Waals surface area contributed by atoms with Crippen LogP contribution in [0, 0.1) is 0 Å². The fourth-order valence-corrected chi connectivity index (χ4v) is 4.18. The van der Waals surface area contributed by atoms with E-state index in [0.717, 1.165) is 39.5 Å². The summed E-state index contributed by atoms with van der Waals surface area (Å²) in [5, 5.41) is 6.70. The molecule has 2 aromatic carbocycles. The van der Waals surface area contributed by atoms with E-state index in [-0.39, 0.29) is 5.91 Å². The van der Waals surface area contributed by atoms with E-state index in [1.807, 2.05) is 30.3 Å². The van der Waals surface area contributed by atoms with E-state index in [1.54, 1.807) is 18.2 Å². The highest BCUT2D eigenvalue weighted by Crippen LogP contribution is 2.42. The number of carbonyl (C=O) groups is 2. The van der Waals surface area contributed by atoms with Gasteiger partial charge in [-0.15, -0.1) is 5.10 Å².